The standard InChI is InChI=1S/C23H33NO10/c1-5-8-9-18(25)32-13-14(4)19(20(24)21(26)27)15-10-11-16(33-22(28)30-6-2)17(12-15)34-23(29)31-7-3/h10-12,14,19-20H,5-9,13,24H2,1-4H3,(H,26,27)/t14?,19?,20-/m0/s1. The Bertz CT molecular complexity index is 841. The van der Waals surface area contributed by atoms with Crippen molar-refractivity contribution in [3.63, 3.8) is 0 Å². The number of benzene rings is 1. The van der Waals surface area contributed by atoms with Gasteiger partial charge in [-0.1, -0.05) is 26.3 Å². The first-order chi connectivity index (χ1) is 16.1. The summed E-state index contributed by atoms with van der Waals surface area (Å²) < 4.78 is 25.0. The molecule has 0 saturated carbocycles. The van der Waals surface area contributed by atoms with Gasteiger partial charge < -0.3 is 34.5 Å². The van der Waals surface area contributed by atoms with Crippen LogP contribution in [0.25, 0.3) is 0 Å². The molecule has 11 nitrogen and oxygen atoms in total. The molecule has 1 rings (SSSR count). The summed E-state index contributed by atoms with van der Waals surface area (Å²) in [4.78, 5) is 47.3. The van der Waals surface area contributed by atoms with Crippen molar-refractivity contribution in [2.75, 3.05) is 19.8 Å². The molecule has 3 N–H and O–H groups in total. The van der Waals surface area contributed by atoms with Crippen LogP contribution in [-0.2, 0) is 23.8 Å². The molecule has 1 aromatic carbocycles. The molecule has 0 heterocycles. The highest BCUT2D eigenvalue weighted by atomic mass is 16.7. The molecule has 3 atom stereocenters. The van der Waals surface area contributed by atoms with E-state index in [1.54, 1.807) is 20.8 Å². The highest BCUT2D eigenvalue weighted by Crippen LogP contribution is 2.36. The molecule has 11 heteroatoms. The molecule has 190 valence electrons. The Morgan fingerprint density at radius 3 is 2.06 bits per heavy atom. The van der Waals surface area contributed by atoms with E-state index in [4.69, 9.17) is 29.4 Å². The largest absolute Gasteiger partial charge is 0.513 e. The first-order valence-corrected chi connectivity index (χ1v) is 11.1. The minimum atomic E-state index is -1.36. The Morgan fingerprint density at radius 1 is 0.941 bits per heavy atom. The molecule has 0 bridgehead atoms. The van der Waals surface area contributed by atoms with Crippen molar-refractivity contribution in [2.45, 2.75) is 58.9 Å². The lowest BCUT2D eigenvalue weighted by Crippen LogP contribution is -2.40. The number of hydrogen-bond acceptors (Lipinski definition) is 10. The molecular weight excluding hydrogens is 450 g/mol. The van der Waals surface area contributed by atoms with E-state index in [1.165, 1.54) is 18.2 Å². The Kier molecular flexibility index (Phi) is 12.4. The molecule has 1 aromatic rings. The lowest BCUT2D eigenvalue weighted by molar-refractivity contribution is -0.145. The normalized spacial score (nSPS) is 13.2. The lowest BCUT2D eigenvalue weighted by Gasteiger charge is -2.28. The third-order valence-electron chi connectivity index (χ3n) is 4.79. The number of carbonyl (C=O) groups is 4. The Morgan fingerprint density at radius 2 is 1.53 bits per heavy atom. The van der Waals surface area contributed by atoms with Gasteiger partial charge in [0.1, 0.15) is 6.04 Å². The van der Waals surface area contributed by atoms with E-state index in [0.29, 0.717) is 12.0 Å². The third kappa shape index (κ3) is 9.26. The van der Waals surface area contributed by atoms with Gasteiger partial charge in [-0.15, -0.1) is 0 Å². The minimum Gasteiger partial charge on any atom is -0.480 e. The predicted octanol–water partition coefficient (Wildman–Crippen LogP) is 3.62. The fourth-order valence-electron chi connectivity index (χ4n) is 3.14. The summed E-state index contributed by atoms with van der Waals surface area (Å²) in [6.45, 7) is 6.85. The number of ether oxygens (including phenoxy) is 5. The minimum absolute atomic E-state index is 0.0412. The van der Waals surface area contributed by atoms with Gasteiger partial charge in [0, 0.05) is 12.3 Å². The number of unbranched alkanes of at least 4 members (excludes halogenated alkanes) is 1. The van der Waals surface area contributed by atoms with Crippen molar-refractivity contribution in [2.24, 2.45) is 11.7 Å². The Labute approximate surface area is 198 Å². The van der Waals surface area contributed by atoms with Crippen molar-refractivity contribution in [3.05, 3.63) is 23.8 Å². The van der Waals surface area contributed by atoms with Crippen molar-refractivity contribution in [1.29, 1.82) is 0 Å². The monoisotopic (exact) mass is 483 g/mol. The first kappa shape index (κ1) is 28.7. The maximum absolute atomic E-state index is 11.9. The van der Waals surface area contributed by atoms with Gasteiger partial charge >= 0.3 is 24.2 Å². The van der Waals surface area contributed by atoms with Crippen molar-refractivity contribution in [3.8, 4) is 11.5 Å². The van der Waals surface area contributed by atoms with Crippen molar-refractivity contribution < 1.29 is 48.0 Å². The number of aliphatic carboxylic acids is 1. The van der Waals surface area contributed by atoms with Crippen LogP contribution in [0.5, 0.6) is 11.5 Å². The summed E-state index contributed by atoms with van der Waals surface area (Å²) >= 11 is 0. The number of carboxylic acid groups (broad SMARTS) is 1. The summed E-state index contributed by atoms with van der Waals surface area (Å²) in [5.74, 6) is -3.34. The summed E-state index contributed by atoms with van der Waals surface area (Å²) in [7, 11) is 0. The molecule has 0 aliphatic rings. The summed E-state index contributed by atoms with van der Waals surface area (Å²) in [5.41, 5.74) is 6.32. The molecular formula is C23H33NO10. The van der Waals surface area contributed by atoms with Crippen LogP contribution in [0.2, 0.25) is 0 Å². The van der Waals surface area contributed by atoms with Gasteiger partial charge in [-0.2, -0.15) is 0 Å². The Hall–Kier alpha value is -3.34. The van der Waals surface area contributed by atoms with Crippen LogP contribution in [0, 0.1) is 5.92 Å². The van der Waals surface area contributed by atoms with Crippen LogP contribution in [0.3, 0.4) is 0 Å². The van der Waals surface area contributed by atoms with E-state index in [-0.39, 0.29) is 43.7 Å². The van der Waals surface area contributed by atoms with Crippen LogP contribution >= 0.6 is 0 Å². The molecule has 2 unspecified atom stereocenters. The second kappa shape index (κ2) is 14.7. The molecule has 0 spiro atoms. The van der Waals surface area contributed by atoms with Crippen LogP contribution in [0.1, 0.15) is 58.4 Å². The molecule has 0 aliphatic heterocycles. The first-order valence-electron chi connectivity index (χ1n) is 11.1. The number of hydrogen-bond donors (Lipinski definition) is 2. The molecule has 0 fully saturated rings. The average Bonchev–Trinajstić information content (AvgIpc) is 2.78. The average molecular weight is 484 g/mol. The van der Waals surface area contributed by atoms with Gasteiger partial charge in [-0.3, -0.25) is 9.59 Å². The number of esters is 1. The summed E-state index contributed by atoms with van der Waals surface area (Å²) in [6, 6.07) is 2.77. The zero-order chi connectivity index (χ0) is 25.7. The van der Waals surface area contributed by atoms with Crippen LogP contribution < -0.4 is 15.2 Å². The number of carbonyl (C=O) groups excluding carboxylic acids is 3. The Balaban J connectivity index is 3.27. The zero-order valence-corrected chi connectivity index (χ0v) is 19.9. The highest BCUT2D eigenvalue weighted by Gasteiger charge is 2.32. The fourth-order valence-corrected chi connectivity index (χ4v) is 3.14. The second-order valence-corrected chi connectivity index (χ2v) is 7.43. The van der Waals surface area contributed by atoms with Crippen molar-refractivity contribution in [1.82, 2.24) is 0 Å². The molecule has 0 aliphatic carbocycles. The van der Waals surface area contributed by atoms with Gasteiger partial charge in [0.15, 0.2) is 11.5 Å². The maximum atomic E-state index is 11.9. The lowest BCUT2D eigenvalue weighted by atomic mass is 9.82. The van der Waals surface area contributed by atoms with E-state index in [2.05, 4.69) is 0 Å². The van der Waals surface area contributed by atoms with Gasteiger partial charge in [-0.05, 0) is 43.9 Å². The molecule has 0 saturated heterocycles. The van der Waals surface area contributed by atoms with Gasteiger partial charge in [-0.25, -0.2) is 9.59 Å². The SMILES string of the molecule is CCCCC(=O)OCC(C)C(c1ccc(OC(=O)OCC)c(OC(=O)OCC)c1)[C@H](N)C(=O)O. The van der Waals surface area contributed by atoms with Crippen LogP contribution in [0.15, 0.2) is 18.2 Å². The zero-order valence-electron chi connectivity index (χ0n) is 19.9. The predicted molar refractivity (Wildman–Crippen MR) is 120 cm³/mol. The van der Waals surface area contributed by atoms with E-state index in [1.807, 2.05) is 6.92 Å². The molecule has 0 radical (unpaired) electrons. The summed E-state index contributed by atoms with van der Waals surface area (Å²) in [5, 5.41) is 9.55. The van der Waals surface area contributed by atoms with E-state index >= 15 is 0 Å². The molecule has 34 heavy (non-hydrogen) atoms. The number of rotatable bonds is 13. The van der Waals surface area contributed by atoms with Crippen LogP contribution in [0.4, 0.5) is 9.59 Å². The van der Waals surface area contributed by atoms with Gasteiger partial charge in [0.2, 0.25) is 0 Å². The molecule has 0 aromatic heterocycles. The smallest absolute Gasteiger partial charge is 0.480 e. The van der Waals surface area contributed by atoms with Crippen molar-refractivity contribution >= 4 is 24.2 Å². The van der Waals surface area contributed by atoms with Gasteiger partial charge in [0.05, 0.1) is 19.8 Å². The quantitative estimate of drug-likeness (QED) is 0.239. The van der Waals surface area contributed by atoms with E-state index in [0.717, 1.165) is 6.42 Å². The fraction of sp³-hybridized carbons (Fsp3) is 0.565. The van der Waals surface area contributed by atoms with Crippen LogP contribution in [-0.4, -0.2) is 55.2 Å². The van der Waals surface area contributed by atoms with Gasteiger partial charge in [0.25, 0.3) is 0 Å². The summed E-state index contributed by atoms with van der Waals surface area (Å²) in [6.07, 6.45) is -0.293. The molecule has 0 amide bonds. The van der Waals surface area contributed by atoms with E-state index < -0.39 is 36.2 Å². The third-order valence-corrected chi connectivity index (χ3v) is 4.79. The number of carboxylic acids is 1. The maximum Gasteiger partial charge on any atom is 0.513 e. The second-order valence-electron chi connectivity index (χ2n) is 7.43. The van der Waals surface area contributed by atoms with E-state index in [9.17, 15) is 24.3 Å². The topological polar surface area (TPSA) is 161 Å². The highest BCUT2D eigenvalue weighted by molar-refractivity contribution is 5.75. The number of nitrogens with two attached hydrogens (primary N) is 1.